The van der Waals surface area contributed by atoms with Gasteiger partial charge in [0.15, 0.2) is 0 Å². The van der Waals surface area contributed by atoms with Gasteiger partial charge in [-0.05, 0) is 43.2 Å². The second-order valence-electron chi connectivity index (χ2n) is 9.57. The molecule has 2 aliphatic heterocycles. The standard InChI is InChI=1S/C28H29N5O5/c1-37-25-9-5-8-22-21(25)14-23(32-22)28(36)33-16-20(38-19-6-3-2-4-7-19)13-24(33)27(35)31-18(15-29)12-17-10-11-30-26(17)34/h2-9,14,17-18,20,24,32H,10-13,16H2,1H3,(H,30,34)(H,31,35)/t17-,18-,20+,24-/m0/s1. The summed E-state index contributed by atoms with van der Waals surface area (Å²) in [4.78, 5) is 43.8. The number of hydrogen-bond donors (Lipinski definition) is 3. The molecule has 3 N–H and O–H groups in total. The molecule has 3 amide bonds. The van der Waals surface area contributed by atoms with E-state index in [-0.39, 0.29) is 37.1 Å². The molecule has 3 heterocycles. The van der Waals surface area contributed by atoms with E-state index < -0.39 is 24.1 Å². The van der Waals surface area contributed by atoms with Gasteiger partial charge in [0.25, 0.3) is 5.91 Å². The normalized spacial score (nSPS) is 21.5. The van der Waals surface area contributed by atoms with E-state index in [0.717, 1.165) is 10.9 Å². The number of hydrogen-bond acceptors (Lipinski definition) is 6. The number of benzene rings is 2. The van der Waals surface area contributed by atoms with E-state index in [1.54, 1.807) is 13.2 Å². The molecule has 3 aromatic rings. The van der Waals surface area contributed by atoms with Gasteiger partial charge in [-0.15, -0.1) is 0 Å². The summed E-state index contributed by atoms with van der Waals surface area (Å²) in [6.45, 7) is 0.759. The van der Waals surface area contributed by atoms with Crippen LogP contribution in [0.5, 0.6) is 11.5 Å². The topological polar surface area (TPSA) is 137 Å². The Balaban J connectivity index is 1.37. The average molecular weight is 516 g/mol. The molecular weight excluding hydrogens is 486 g/mol. The molecule has 2 fully saturated rings. The predicted octanol–water partition coefficient (Wildman–Crippen LogP) is 2.37. The molecule has 10 heteroatoms. The Morgan fingerprint density at radius 3 is 2.74 bits per heavy atom. The fourth-order valence-corrected chi connectivity index (χ4v) is 5.19. The summed E-state index contributed by atoms with van der Waals surface area (Å²) in [5, 5.41) is 15.9. The quantitative estimate of drug-likeness (QED) is 0.421. The highest BCUT2D eigenvalue weighted by Gasteiger charge is 2.42. The van der Waals surface area contributed by atoms with Crippen LogP contribution in [0.2, 0.25) is 0 Å². The van der Waals surface area contributed by atoms with E-state index in [4.69, 9.17) is 9.47 Å². The molecular formula is C28H29N5O5. The smallest absolute Gasteiger partial charge is 0.271 e. The lowest BCUT2D eigenvalue weighted by molar-refractivity contribution is -0.126. The molecule has 0 spiro atoms. The van der Waals surface area contributed by atoms with Crippen LogP contribution in [-0.4, -0.2) is 66.0 Å². The van der Waals surface area contributed by atoms with Crippen molar-refractivity contribution in [2.24, 2.45) is 5.92 Å². The fraction of sp³-hybridized carbons (Fsp3) is 0.357. The summed E-state index contributed by atoms with van der Waals surface area (Å²) in [5.41, 5.74) is 1.06. The van der Waals surface area contributed by atoms with Gasteiger partial charge in [-0.25, -0.2) is 0 Å². The van der Waals surface area contributed by atoms with Crippen LogP contribution in [0.4, 0.5) is 0 Å². The Labute approximate surface area is 219 Å². The van der Waals surface area contributed by atoms with Gasteiger partial charge in [0.2, 0.25) is 11.8 Å². The number of carbonyl (C=O) groups excluding carboxylic acids is 3. The number of nitrogens with zero attached hydrogens (tertiary/aromatic N) is 2. The fourth-order valence-electron chi connectivity index (χ4n) is 5.19. The SMILES string of the molecule is COc1cccc2[nH]c(C(=O)N3C[C@H](Oc4ccccc4)C[C@H]3C(=O)N[C@H](C#N)C[C@@H]3CCNC3=O)cc12. The van der Waals surface area contributed by atoms with E-state index in [2.05, 4.69) is 21.7 Å². The number of para-hydroxylation sites is 1. The first-order valence-electron chi connectivity index (χ1n) is 12.6. The molecule has 196 valence electrons. The maximum Gasteiger partial charge on any atom is 0.271 e. The minimum atomic E-state index is -0.849. The van der Waals surface area contributed by atoms with Crippen LogP contribution in [0.1, 0.15) is 29.8 Å². The van der Waals surface area contributed by atoms with Gasteiger partial charge in [0.05, 0.1) is 19.7 Å². The van der Waals surface area contributed by atoms with Crippen LogP contribution >= 0.6 is 0 Å². The molecule has 0 bridgehead atoms. The Morgan fingerprint density at radius 2 is 2.03 bits per heavy atom. The van der Waals surface area contributed by atoms with E-state index >= 15 is 0 Å². The summed E-state index contributed by atoms with van der Waals surface area (Å²) in [5.74, 6) is 0.0388. The van der Waals surface area contributed by atoms with Crippen molar-refractivity contribution in [1.29, 1.82) is 5.26 Å². The number of aromatic nitrogens is 1. The first kappa shape index (κ1) is 25.1. The number of fused-ring (bicyclic) bond motifs is 1. The molecule has 0 aliphatic carbocycles. The third-order valence-electron chi connectivity index (χ3n) is 7.10. The molecule has 10 nitrogen and oxygen atoms in total. The zero-order valence-corrected chi connectivity index (χ0v) is 21.0. The van der Waals surface area contributed by atoms with Crippen molar-refractivity contribution in [2.45, 2.75) is 37.5 Å². The highest BCUT2D eigenvalue weighted by Crippen LogP contribution is 2.29. The minimum Gasteiger partial charge on any atom is -0.496 e. The summed E-state index contributed by atoms with van der Waals surface area (Å²) >= 11 is 0. The molecule has 2 aliphatic rings. The zero-order valence-electron chi connectivity index (χ0n) is 21.0. The maximum absolute atomic E-state index is 13.7. The highest BCUT2D eigenvalue weighted by molar-refractivity contribution is 6.01. The second kappa shape index (κ2) is 10.8. The number of amides is 3. The lowest BCUT2D eigenvalue weighted by atomic mass is 9.98. The van der Waals surface area contributed by atoms with Crippen molar-refractivity contribution in [3.05, 3.63) is 60.3 Å². The molecule has 2 aromatic carbocycles. The summed E-state index contributed by atoms with van der Waals surface area (Å²) in [6, 6.07) is 16.8. The third-order valence-corrected chi connectivity index (χ3v) is 7.10. The molecule has 2 saturated heterocycles. The Morgan fingerprint density at radius 1 is 1.21 bits per heavy atom. The van der Waals surface area contributed by atoms with Crippen molar-refractivity contribution in [2.75, 3.05) is 20.2 Å². The third kappa shape index (κ3) is 5.13. The first-order valence-corrected chi connectivity index (χ1v) is 12.6. The molecule has 0 radical (unpaired) electrons. The number of likely N-dealkylation sites (tertiary alicyclic amines) is 1. The van der Waals surface area contributed by atoms with Crippen molar-refractivity contribution >= 4 is 28.6 Å². The van der Waals surface area contributed by atoms with Gasteiger partial charge in [0.1, 0.15) is 35.4 Å². The number of nitrogens with one attached hydrogen (secondary N) is 3. The number of H-pyrrole nitrogens is 1. The zero-order chi connectivity index (χ0) is 26.6. The van der Waals surface area contributed by atoms with Gasteiger partial charge in [-0.2, -0.15) is 5.26 Å². The van der Waals surface area contributed by atoms with Gasteiger partial charge in [0, 0.05) is 29.8 Å². The minimum absolute atomic E-state index is 0.109. The predicted molar refractivity (Wildman–Crippen MR) is 138 cm³/mol. The van der Waals surface area contributed by atoms with Crippen molar-refractivity contribution < 1.29 is 23.9 Å². The van der Waals surface area contributed by atoms with Gasteiger partial charge < -0.3 is 30.0 Å². The molecule has 4 atom stereocenters. The average Bonchev–Trinajstić information content (AvgIpc) is 3.66. The van der Waals surface area contributed by atoms with Crippen LogP contribution in [0.15, 0.2) is 54.6 Å². The summed E-state index contributed by atoms with van der Waals surface area (Å²) in [6.07, 6.45) is 0.688. The molecule has 0 unspecified atom stereocenters. The van der Waals surface area contributed by atoms with Crippen LogP contribution in [-0.2, 0) is 9.59 Å². The summed E-state index contributed by atoms with van der Waals surface area (Å²) in [7, 11) is 1.57. The van der Waals surface area contributed by atoms with Crippen LogP contribution in [0, 0.1) is 17.2 Å². The van der Waals surface area contributed by atoms with Crippen molar-refractivity contribution in [1.82, 2.24) is 20.5 Å². The van der Waals surface area contributed by atoms with Crippen LogP contribution in [0.3, 0.4) is 0 Å². The largest absolute Gasteiger partial charge is 0.496 e. The maximum atomic E-state index is 13.7. The number of rotatable bonds is 8. The van der Waals surface area contributed by atoms with E-state index in [1.165, 1.54) is 4.90 Å². The van der Waals surface area contributed by atoms with Gasteiger partial charge >= 0.3 is 0 Å². The Kier molecular flexibility index (Phi) is 7.18. The number of aromatic amines is 1. The lowest BCUT2D eigenvalue weighted by Gasteiger charge is -2.24. The van der Waals surface area contributed by atoms with Gasteiger partial charge in [-0.1, -0.05) is 24.3 Å². The number of nitriles is 1. The molecule has 1 aromatic heterocycles. The Bertz CT molecular complexity index is 1380. The van der Waals surface area contributed by atoms with E-state index in [1.807, 2.05) is 48.5 Å². The Hall–Kier alpha value is -4.52. The number of methoxy groups -OCH3 is 1. The van der Waals surface area contributed by atoms with Crippen molar-refractivity contribution in [3.8, 4) is 17.6 Å². The van der Waals surface area contributed by atoms with Gasteiger partial charge in [-0.3, -0.25) is 14.4 Å². The molecule has 38 heavy (non-hydrogen) atoms. The van der Waals surface area contributed by atoms with E-state index in [9.17, 15) is 19.6 Å². The van der Waals surface area contributed by atoms with E-state index in [0.29, 0.717) is 30.2 Å². The number of carbonyl (C=O) groups is 3. The highest BCUT2D eigenvalue weighted by atomic mass is 16.5. The number of ether oxygens (including phenoxy) is 2. The van der Waals surface area contributed by atoms with Crippen LogP contribution < -0.4 is 20.1 Å². The second-order valence-corrected chi connectivity index (χ2v) is 9.57. The first-order chi connectivity index (χ1) is 18.5. The molecule has 0 saturated carbocycles. The lowest BCUT2D eigenvalue weighted by Crippen LogP contribution is -2.49. The monoisotopic (exact) mass is 515 g/mol. The van der Waals surface area contributed by atoms with Crippen molar-refractivity contribution in [3.63, 3.8) is 0 Å². The summed E-state index contributed by atoms with van der Waals surface area (Å²) < 4.78 is 11.5. The van der Waals surface area contributed by atoms with Crippen LogP contribution in [0.25, 0.3) is 10.9 Å². The molecule has 5 rings (SSSR count).